The van der Waals surface area contributed by atoms with Crippen LogP contribution >= 0.6 is 12.2 Å². The lowest BCUT2D eigenvalue weighted by Crippen LogP contribution is -2.35. The predicted octanol–water partition coefficient (Wildman–Crippen LogP) is 2.21. The summed E-state index contributed by atoms with van der Waals surface area (Å²) in [5, 5.41) is 3.71. The van der Waals surface area contributed by atoms with E-state index < -0.39 is 0 Å². The third-order valence-electron chi connectivity index (χ3n) is 3.64. The van der Waals surface area contributed by atoms with Gasteiger partial charge < -0.3 is 19.4 Å². The Hall–Kier alpha value is -2.41. The number of aromatic nitrogens is 1. The van der Waals surface area contributed by atoms with Crippen LogP contribution in [0, 0.1) is 0 Å². The number of thiocarbonyl (C=S) groups is 1. The number of furan rings is 1. The van der Waals surface area contributed by atoms with Gasteiger partial charge in [0.1, 0.15) is 18.3 Å². The summed E-state index contributed by atoms with van der Waals surface area (Å²) in [4.78, 5) is 18.1. The first kappa shape index (κ1) is 15.5. The van der Waals surface area contributed by atoms with Gasteiger partial charge in [-0.2, -0.15) is 0 Å². The molecule has 0 aromatic carbocycles. The van der Waals surface area contributed by atoms with E-state index in [2.05, 4.69) is 10.3 Å². The minimum absolute atomic E-state index is 0.0639. The maximum Gasteiger partial charge on any atom is 0.325 e. The second kappa shape index (κ2) is 6.78. The van der Waals surface area contributed by atoms with E-state index in [-0.39, 0.29) is 24.6 Å². The molecule has 2 aromatic heterocycles. The molecule has 1 fully saturated rings. The van der Waals surface area contributed by atoms with Gasteiger partial charge >= 0.3 is 5.97 Å². The van der Waals surface area contributed by atoms with Gasteiger partial charge in [-0.1, -0.05) is 6.07 Å². The van der Waals surface area contributed by atoms with Gasteiger partial charge in [-0.15, -0.1) is 0 Å². The van der Waals surface area contributed by atoms with Gasteiger partial charge in [-0.05, 0) is 43.4 Å². The first-order valence-corrected chi connectivity index (χ1v) is 7.78. The van der Waals surface area contributed by atoms with Crippen molar-refractivity contribution in [2.75, 3.05) is 13.2 Å². The minimum Gasteiger partial charge on any atom is -0.467 e. The van der Waals surface area contributed by atoms with Crippen LogP contribution in [0.4, 0.5) is 0 Å². The molecule has 3 heterocycles. The molecule has 0 unspecified atom stereocenters. The Kier molecular flexibility index (Phi) is 4.57. The Morgan fingerprint density at radius 3 is 2.96 bits per heavy atom. The Morgan fingerprint density at radius 2 is 2.30 bits per heavy atom. The van der Waals surface area contributed by atoms with Crippen molar-refractivity contribution in [3.05, 3.63) is 54.2 Å². The smallest absolute Gasteiger partial charge is 0.325 e. The van der Waals surface area contributed by atoms with E-state index in [4.69, 9.17) is 21.4 Å². The average molecular weight is 331 g/mol. The Morgan fingerprint density at radius 1 is 1.43 bits per heavy atom. The van der Waals surface area contributed by atoms with Gasteiger partial charge in [-0.25, -0.2) is 0 Å². The largest absolute Gasteiger partial charge is 0.467 e. The minimum atomic E-state index is -0.324. The highest BCUT2D eigenvalue weighted by atomic mass is 32.1. The molecule has 0 amide bonds. The van der Waals surface area contributed by atoms with Gasteiger partial charge in [0.2, 0.25) is 0 Å². The van der Waals surface area contributed by atoms with Crippen LogP contribution in [0.25, 0.3) is 0 Å². The lowest BCUT2D eigenvalue weighted by atomic mass is 10.0. The molecular weight excluding hydrogens is 314 g/mol. The third-order valence-corrected chi connectivity index (χ3v) is 3.99. The molecule has 0 bridgehead atoms. The van der Waals surface area contributed by atoms with Crippen LogP contribution in [0.3, 0.4) is 0 Å². The van der Waals surface area contributed by atoms with E-state index in [0.29, 0.717) is 11.7 Å². The third kappa shape index (κ3) is 3.19. The van der Waals surface area contributed by atoms with Crippen molar-refractivity contribution in [1.29, 1.82) is 0 Å². The van der Waals surface area contributed by atoms with E-state index in [1.54, 1.807) is 24.3 Å². The first-order valence-electron chi connectivity index (χ1n) is 7.37. The number of carbonyl (C=O) groups excluding carboxylic acids is 1. The monoisotopic (exact) mass is 331 g/mol. The summed E-state index contributed by atoms with van der Waals surface area (Å²) in [7, 11) is 0. The van der Waals surface area contributed by atoms with E-state index in [9.17, 15) is 4.79 Å². The maximum absolute atomic E-state index is 11.9. The van der Waals surface area contributed by atoms with E-state index in [1.807, 2.05) is 30.3 Å². The van der Waals surface area contributed by atoms with Gasteiger partial charge in [0.05, 0.1) is 24.6 Å². The van der Waals surface area contributed by atoms with E-state index in [0.717, 1.165) is 11.5 Å². The SMILES string of the molecule is CCOC(=O)CN1C(=S)N[C@H](c2ccccn2)[C@@H]1c1ccco1. The Labute approximate surface area is 139 Å². The molecule has 6 nitrogen and oxygen atoms in total. The fourth-order valence-corrected chi connectivity index (χ4v) is 3.00. The zero-order valence-electron chi connectivity index (χ0n) is 12.6. The number of hydrogen-bond donors (Lipinski definition) is 1. The Bertz CT molecular complexity index is 675. The molecule has 0 radical (unpaired) electrons. The van der Waals surface area contributed by atoms with Crippen molar-refractivity contribution < 1.29 is 13.9 Å². The van der Waals surface area contributed by atoms with Crippen LogP contribution < -0.4 is 5.32 Å². The number of carbonyl (C=O) groups is 1. The lowest BCUT2D eigenvalue weighted by Gasteiger charge is -2.24. The molecule has 7 heteroatoms. The average Bonchev–Trinajstić information content (AvgIpc) is 3.17. The summed E-state index contributed by atoms with van der Waals surface area (Å²) in [5.41, 5.74) is 0.836. The zero-order valence-corrected chi connectivity index (χ0v) is 13.5. The second-order valence-electron chi connectivity index (χ2n) is 5.07. The molecule has 2 atom stereocenters. The standard InChI is InChI=1S/C16H17N3O3S/c1-2-21-13(20)10-19-15(12-7-5-9-22-12)14(18-16(19)23)11-6-3-4-8-17-11/h3-9,14-15H,2,10H2,1H3,(H,18,23)/t14-,15+/m1/s1. The van der Waals surface area contributed by atoms with Gasteiger partial charge in [0, 0.05) is 6.20 Å². The molecule has 1 N–H and O–H groups in total. The molecule has 2 aromatic rings. The number of rotatable bonds is 5. The van der Waals surface area contributed by atoms with E-state index >= 15 is 0 Å². The topological polar surface area (TPSA) is 67.6 Å². The molecule has 0 spiro atoms. The van der Waals surface area contributed by atoms with Crippen LogP contribution in [-0.2, 0) is 9.53 Å². The van der Waals surface area contributed by atoms with Crippen molar-refractivity contribution in [3.8, 4) is 0 Å². The van der Waals surface area contributed by atoms with Crippen molar-refractivity contribution in [3.63, 3.8) is 0 Å². The summed E-state index contributed by atoms with van der Waals surface area (Å²) in [6.07, 6.45) is 3.34. The fraction of sp³-hybridized carbons (Fsp3) is 0.312. The second-order valence-corrected chi connectivity index (χ2v) is 5.46. The highest BCUT2D eigenvalue weighted by Crippen LogP contribution is 2.38. The number of nitrogens with one attached hydrogen (secondary N) is 1. The fourth-order valence-electron chi connectivity index (χ4n) is 2.69. The Balaban J connectivity index is 1.92. The number of nitrogens with zero attached hydrogens (tertiary/aromatic N) is 2. The number of esters is 1. The molecule has 0 saturated carbocycles. The van der Waals surface area contributed by atoms with Crippen molar-refractivity contribution in [2.45, 2.75) is 19.0 Å². The van der Waals surface area contributed by atoms with Crippen LogP contribution in [-0.4, -0.2) is 34.1 Å². The summed E-state index contributed by atoms with van der Waals surface area (Å²) in [6, 6.07) is 8.93. The van der Waals surface area contributed by atoms with Gasteiger partial charge in [0.25, 0.3) is 0 Å². The number of hydrogen-bond acceptors (Lipinski definition) is 5. The summed E-state index contributed by atoms with van der Waals surface area (Å²) >= 11 is 5.41. The molecule has 0 aliphatic carbocycles. The summed E-state index contributed by atoms with van der Waals surface area (Å²) in [5.74, 6) is 0.396. The number of ether oxygens (including phenoxy) is 1. The molecule has 23 heavy (non-hydrogen) atoms. The maximum atomic E-state index is 11.9. The molecule has 1 aliphatic heterocycles. The van der Waals surface area contributed by atoms with Crippen LogP contribution in [0.1, 0.15) is 30.5 Å². The van der Waals surface area contributed by atoms with E-state index in [1.165, 1.54) is 0 Å². The van der Waals surface area contributed by atoms with Crippen LogP contribution in [0.2, 0.25) is 0 Å². The normalized spacial score (nSPS) is 20.4. The van der Waals surface area contributed by atoms with Crippen molar-refractivity contribution in [1.82, 2.24) is 15.2 Å². The molecule has 1 saturated heterocycles. The molecule has 3 rings (SSSR count). The number of pyridine rings is 1. The van der Waals surface area contributed by atoms with Crippen LogP contribution in [0.15, 0.2) is 47.2 Å². The molecule has 1 aliphatic rings. The van der Waals surface area contributed by atoms with Crippen molar-refractivity contribution in [2.24, 2.45) is 0 Å². The first-order chi connectivity index (χ1) is 11.2. The molecular formula is C16H17N3O3S. The lowest BCUT2D eigenvalue weighted by molar-refractivity contribution is -0.143. The zero-order chi connectivity index (χ0) is 16.2. The van der Waals surface area contributed by atoms with Gasteiger partial charge in [0.15, 0.2) is 5.11 Å². The summed E-state index contributed by atoms with van der Waals surface area (Å²) in [6.45, 7) is 2.18. The van der Waals surface area contributed by atoms with Crippen molar-refractivity contribution >= 4 is 23.3 Å². The van der Waals surface area contributed by atoms with Crippen LogP contribution in [0.5, 0.6) is 0 Å². The highest BCUT2D eigenvalue weighted by molar-refractivity contribution is 7.80. The summed E-state index contributed by atoms with van der Waals surface area (Å²) < 4.78 is 10.6. The highest BCUT2D eigenvalue weighted by Gasteiger charge is 2.42. The quantitative estimate of drug-likeness (QED) is 0.665. The van der Waals surface area contributed by atoms with Gasteiger partial charge in [-0.3, -0.25) is 9.78 Å². The predicted molar refractivity (Wildman–Crippen MR) is 87.5 cm³/mol. The molecule has 120 valence electrons.